The fraction of sp³-hybridized carbons (Fsp3) is 0.643. The van der Waals surface area contributed by atoms with Gasteiger partial charge in [-0.2, -0.15) is 0 Å². The van der Waals surface area contributed by atoms with Gasteiger partial charge in [-0.15, -0.1) is 0 Å². The van der Waals surface area contributed by atoms with Gasteiger partial charge in [-0.3, -0.25) is 9.80 Å². The van der Waals surface area contributed by atoms with Gasteiger partial charge in [0, 0.05) is 58.9 Å². The SMILES string of the molecule is NCCNCC(=O)[O-].O=C([O-])CN(CCN(CC(=O)[O-])CC(=O)[O-])CC(=O)[O-].[Na+].[Na+].[Na+].[Na+].[Na+]. The molecule has 0 aromatic heterocycles. The van der Waals surface area contributed by atoms with Crippen molar-refractivity contribution in [3.63, 3.8) is 0 Å². The molecule has 0 unspecified atom stereocenters. The van der Waals surface area contributed by atoms with Crippen LogP contribution in [0.2, 0.25) is 0 Å². The van der Waals surface area contributed by atoms with Crippen molar-refractivity contribution < 1.29 is 197 Å². The maximum absolute atomic E-state index is 10.4. The van der Waals surface area contributed by atoms with E-state index in [4.69, 9.17) is 5.73 Å². The Balaban J connectivity index is -0.0000000906. The molecule has 0 aromatic rings. The Kier molecular flexibility index (Phi) is 53.6. The Morgan fingerprint density at radius 1 is 0.576 bits per heavy atom. The summed E-state index contributed by atoms with van der Waals surface area (Å²) >= 11 is 0. The maximum atomic E-state index is 10.4. The molecule has 162 valence electrons. The summed E-state index contributed by atoms with van der Waals surface area (Å²) in [4.78, 5) is 53.1. The zero-order valence-electron chi connectivity index (χ0n) is 19.9. The van der Waals surface area contributed by atoms with Crippen LogP contribution in [0.25, 0.3) is 0 Å². The number of carbonyl (C=O) groups excluding carboxylic acids is 5. The van der Waals surface area contributed by atoms with Gasteiger partial charge in [0.05, 0.1) is 29.8 Å². The van der Waals surface area contributed by atoms with Crippen LogP contribution in [-0.4, -0.2) is 98.5 Å². The van der Waals surface area contributed by atoms with E-state index < -0.39 is 56.0 Å². The molecule has 19 heteroatoms. The predicted molar refractivity (Wildman–Crippen MR) is 79.8 cm³/mol. The number of nitrogens with two attached hydrogens (primary N) is 1. The minimum atomic E-state index is -1.53. The summed E-state index contributed by atoms with van der Waals surface area (Å²) in [5.41, 5.74) is 5.04. The number of aliphatic carboxylic acids is 5. The molecule has 0 aromatic carbocycles. The van der Waals surface area contributed by atoms with Crippen LogP contribution in [0, 0.1) is 0 Å². The van der Waals surface area contributed by atoms with Crippen molar-refractivity contribution in [2.24, 2.45) is 5.73 Å². The van der Waals surface area contributed by atoms with Crippen molar-refractivity contribution >= 4 is 29.8 Å². The molecule has 0 radical (unpaired) electrons. The summed E-state index contributed by atoms with van der Waals surface area (Å²) in [5, 5.41) is 53.8. The standard InChI is InChI=1S/C10H16N2O8.C4H10N2O2.5Na/c13-7(14)3-11(4-8(15)16)1-2-12(5-9(17)18)6-10(19)20;5-1-2-6-3-4(7)8;;;;;/h1-6H2,(H,13,14)(H,15,16)(H,17,18)(H,19,20);6H,1-3,5H2,(H,7,8);;;;;/q;;5*+1/p-5. The number of hydrogen-bond donors (Lipinski definition) is 2. The molecule has 0 aliphatic rings. The van der Waals surface area contributed by atoms with E-state index in [0.717, 1.165) is 9.80 Å². The van der Waals surface area contributed by atoms with Gasteiger partial charge in [0.2, 0.25) is 0 Å². The molecule has 33 heavy (non-hydrogen) atoms. The summed E-state index contributed by atoms with van der Waals surface area (Å²) in [7, 11) is 0. The van der Waals surface area contributed by atoms with Gasteiger partial charge < -0.3 is 60.6 Å². The molecule has 0 aliphatic carbocycles. The first-order valence-electron chi connectivity index (χ1n) is 7.82. The van der Waals surface area contributed by atoms with Crippen molar-refractivity contribution in [3.05, 3.63) is 0 Å². The van der Waals surface area contributed by atoms with E-state index in [9.17, 15) is 49.5 Å². The van der Waals surface area contributed by atoms with Gasteiger partial charge in [0.25, 0.3) is 0 Å². The quantitative estimate of drug-likeness (QED) is 0.150. The van der Waals surface area contributed by atoms with E-state index in [1.807, 2.05) is 0 Å². The molecule has 0 heterocycles. The van der Waals surface area contributed by atoms with Gasteiger partial charge in [-0.1, -0.05) is 0 Å². The minimum Gasteiger partial charge on any atom is -0.549 e. The molecule has 14 nitrogen and oxygen atoms in total. The number of carbonyl (C=O) groups is 5. The summed E-state index contributed by atoms with van der Waals surface area (Å²) in [6.45, 7) is -2.39. The summed E-state index contributed by atoms with van der Waals surface area (Å²) in [6, 6.07) is 0. The zero-order chi connectivity index (χ0) is 22.1. The second-order valence-corrected chi connectivity index (χ2v) is 5.25. The van der Waals surface area contributed by atoms with E-state index >= 15 is 0 Å². The molecule has 0 amide bonds. The first-order valence-corrected chi connectivity index (χ1v) is 7.82. The molecule has 3 N–H and O–H groups in total. The van der Waals surface area contributed by atoms with Crippen LogP contribution >= 0.6 is 0 Å². The Labute approximate surface area is 302 Å². The van der Waals surface area contributed by atoms with Crippen molar-refractivity contribution in [2.45, 2.75) is 0 Å². The number of hydrogen-bond acceptors (Lipinski definition) is 14. The summed E-state index contributed by atoms with van der Waals surface area (Å²) < 4.78 is 0. The molecular weight excluding hydrogens is 499 g/mol. The average Bonchev–Trinajstić information content (AvgIpc) is 2.50. The third-order valence-electron chi connectivity index (χ3n) is 2.73. The van der Waals surface area contributed by atoms with Crippen molar-refractivity contribution in [2.75, 3.05) is 58.9 Å². The normalized spacial score (nSPS) is 8.70. The first-order chi connectivity index (χ1) is 13.0. The smallest absolute Gasteiger partial charge is 0.549 e. The number of carboxylic acid groups (broad SMARTS) is 5. The van der Waals surface area contributed by atoms with Gasteiger partial charge in [0.1, 0.15) is 0 Å². The molecule has 0 spiro atoms. The Hall–Kier alpha value is 2.19. The van der Waals surface area contributed by atoms with Crippen LogP contribution < -0.4 is 184 Å². The van der Waals surface area contributed by atoms with Crippen LogP contribution in [0.3, 0.4) is 0 Å². The molecule has 0 saturated heterocycles. The van der Waals surface area contributed by atoms with Crippen LogP contribution in [0.15, 0.2) is 0 Å². The van der Waals surface area contributed by atoms with Crippen LogP contribution in [0.1, 0.15) is 0 Å². The van der Waals surface area contributed by atoms with E-state index in [2.05, 4.69) is 5.32 Å². The number of nitrogens with zero attached hydrogens (tertiary/aromatic N) is 2. The van der Waals surface area contributed by atoms with Crippen molar-refractivity contribution in [1.29, 1.82) is 0 Å². The van der Waals surface area contributed by atoms with Crippen LogP contribution in [0.5, 0.6) is 0 Å². The number of nitrogens with one attached hydrogen (secondary N) is 1. The molecule has 0 rings (SSSR count). The molecule has 0 fully saturated rings. The minimum absolute atomic E-state index is 0. The molecule has 0 atom stereocenters. The Morgan fingerprint density at radius 2 is 0.848 bits per heavy atom. The third kappa shape index (κ3) is 44.6. The number of carboxylic acids is 5. The molecule has 0 aliphatic heterocycles. The van der Waals surface area contributed by atoms with Gasteiger partial charge >= 0.3 is 148 Å². The van der Waals surface area contributed by atoms with Crippen LogP contribution in [-0.2, 0) is 24.0 Å². The van der Waals surface area contributed by atoms with Gasteiger partial charge in [-0.25, -0.2) is 0 Å². The molecule has 0 saturated carbocycles. The average molecular weight is 520 g/mol. The first kappa shape index (κ1) is 51.8. The van der Waals surface area contributed by atoms with E-state index in [0.29, 0.717) is 13.1 Å². The fourth-order valence-corrected chi connectivity index (χ4v) is 1.73. The second kappa shape index (κ2) is 34.2. The van der Waals surface area contributed by atoms with E-state index in [1.165, 1.54) is 0 Å². The van der Waals surface area contributed by atoms with Crippen LogP contribution in [0.4, 0.5) is 0 Å². The van der Waals surface area contributed by atoms with E-state index in [1.54, 1.807) is 0 Å². The molecule has 0 bridgehead atoms. The predicted octanol–water partition coefficient (Wildman–Crippen LogP) is -25.1. The topological polar surface area (TPSA) is 245 Å². The monoisotopic (exact) mass is 520 g/mol. The van der Waals surface area contributed by atoms with Gasteiger partial charge in [0.15, 0.2) is 0 Å². The van der Waals surface area contributed by atoms with Crippen molar-refractivity contribution in [1.82, 2.24) is 15.1 Å². The third-order valence-corrected chi connectivity index (χ3v) is 2.73. The zero-order valence-corrected chi connectivity index (χ0v) is 29.9. The van der Waals surface area contributed by atoms with E-state index in [-0.39, 0.29) is 167 Å². The largest absolute Gasteiger partial charge is 1.00 e. The Morgan fingerprint density at radius 3 is 1.03 bits per heavy atom. The summed E-state index contributed by atoms with van der Waals surface area (Å²) in [5.74, 6) is -7.22. The van der Waals surface area contributed by atoms with Gasteiger partial charge in [-0.05, 0) is 0 Å². The Bertz CT molecular complexity index is 481. The second-order valence-electron chi connectivity index (χ2n) is 5.25. The maximum Gasteiger partial charge on any atom is 1.00 e. The summed E-state index contributed by atoms with van der Waals surface area (Å²) in [6.07, 6.45) is 0. The number of rotatable bonds is 15. The molecular formula is C14H21N4Na5O10. The van der Waals surface area contributed by atoms with Crippen molar-refractivity contribution in [3.8, 4) is 0 Å². The fourth-order valence-electron chi connectivity index (χ4n) is 1.73.